The second-order valence-electron chi connectivity index (χ2n) is 7.24. The van der Waals surface area contributed by atoms with Crippen molar-refractivity contribution in [2.75, 3.05) is 18.5 Å². The van der Waals surface area contributed by atoms with Crippen LogP contribution in [-0.4, -0.2) is 39.9 Å². The molecule has 0 N–H and O–H groups in total. The Balaban J connectivity index is 1.52. The van der Waals surface area contributed by atoms with Gasteiger partial charge in [-0.1, -0.05) is 24.3 Å². The van der Waals surface area contributed by atoms with Crippen LogP contribution >= 0.6 is 15.9 Å². The molecule has 0 radical (unpaired) electrons. The SMILES string of the molecule is CCn1c(CN(C)C(=O)C2CCN(c3ccccc3Br)C2=O)nc2ccccc21. The molecule has 6 nitrogen and oxygen atoms in total. The maximum absolute atomic E-state index is 13.1. The monoisotopic (exact) mass is 454 g/mol. The van der Waals surface area contributed by atoms with Gasteiger partial charge in [0.1, 0.15) is 11.7 Å². The summed E-state index contributed by atoms with van der Waals surface area (Å²) in [4.78, 5) is 34.0. The first-order valence-electron chi connectivity index (χ1n) is 9.76. The molecule has 1 aromatic heterocycles. The van der Waals surface area contributed by atoms with Gasteiger partial charge in [0, 0.05) is 24.6 Å². The molecule has 0 saturated carbocycles. The van der Waals surface area contributed by atoms with Crippen LogP contribution in [0.1, 0.15) is 19.2 Å². The fourth-order valence-electron chi connectivity index (χ4n) is 3.97. The number of halogens is 1. The molecule has 0 spiro atoms. The van der Waals surface area contributed by atoms with E-state index in [4.69, 9.17) is 4.98 Å². The molecule has 2 aromatic carbocycles. The number of benzene rings is 2. The van der Waals surface area contributed by atoms with Crippen molar-refractivity contribution in [3.63, 3.8) is 0 Å². The van der Waals surface area contributed by atoms with Crippen LogP contribution in [0.15, 0.2) is 53.0 Å². The van der Waals surface area contributed by atoms with E-state index in [1.807, 2.05) is 48.5 Å². The lowest BCUT2D eigenvalue weighted by molar-refractivity contribution is -0.139. The van der Waals surface area contributed by atoms with Gasteiger partial charge in [-0.05, 0) is 53.5 Å². The molecule has 1 aliphatic rings. The number of imidazole rings is 1. The van der Waals surface area contributed by atoms with Crippen molar-refractivity contribution in [3.05, 3.63) is 58.8 Å². The molecule has 7 heteroatoms. The summed E-state index contributed by atoms with van der Waals surface area (Å²) in [6.07, 6.45) is 0.521. The predicted molar refractivity (Wildman–Crippen MR) is 116 cm³/mol. The molecule has 2 heterocycles. The summed E-state index contributed by atoms with van der Waals surface area (Å²) in [5, 5.41) is 0. The van der Waals surface area contributed by atoms with Crippen molar-refractivity contribution in [1.29, 1.82) is 0 Å². The highest BCUT2D eigenvalue weighted by molar-refractivity contribution is 9.10. The topological polar surface area (TPSA) is 58.4 Å². The van der Waals surface area contributed by atoms with Crippen molar-refractivity contribution in [2.24, 2.45) is 5.92 Å². The Labute approximate surface area is 178 Å². The summed E-state index contributed by atoms with van der Waals surface area (Å²) >= 11 is 3.50. The molecule has 0 aliphatic carbocycles. The van der Waals surface area contributed by atoms with Gasteiger partial charge < -0.3 is 14.4 Å². The first kappa shape index (κ1) is 19.6. The van der Waals surface area contributed by atoms with Crippen molar-refractivity contribution in [3.8, 4) is 0 Å². The number of fused-ring (bicyclic) bond motifs is 1. The number of para-hydroxylation sites is 3. The van der Waals surface area contributed by atoms with Gasteiger partial charge in [0.2, 0.25) is 11.8 Å². The van der Waals surface area contributed by atoms with Crippen LogP contribution in [0.2, 0.25) is 0 Å². The van der Waals surface area contributed by atoms with E-state index in [0.29, 0.717) is 19.5 Å². The first-order valence-corrected chi connectivity index (χ1v) is 10.6. The Bertz CT molecular complexity index is 1080. The van der Waals surface area contributed by atoms with Crippen LogP contribution in [0.25, 0.3) is 11.0 Å². The van der Waals surface area contributed by atoms with Gasteiger partial charge in [-0.2, -0.15) is 0 Å². The Morgan fingerprint density at radius 1 is 1.21 bits per heavy atom. The fourth-order valence-corrected chi connectivity index (χ4v) is 4.47. The number of aryl methyl sites for hydroxylation is 1. The van der Waals surface area contributed by atoms with Gasteiger partial charge in [-0.3, -0.25) is 9.59 Å². The van der Waals surface area contributed by atoms with Gasteiger partial charge in [0.25, 0.3) is 0 Å². The largest absolute Gasteiger partial charge is 0.338 e. The third kappa shape index (κ3) is 3.55. The molecular weight excluding hydrogens is 432 g/mol. The molecule has 1 saturated heterocycles. The minimum atomic E-state index is -0.647. The van der Waals surface area contributed by atoms with E-state index in [1.54, 1.807) is 16.8 Å². The van der Waals surface area contributed by atoms with Crippen LogP contribution in [-0.2, 0) is 22.7 Å². The molecule has 1 fully saturated rings. The smallest absolute Gasteiger partial charge is 0.239 e. The number of aromatic nitrogens is 2. The van der Waals surface area contributed by atoms with E-state index in [0.717, 1.165) is 33.6 Å². The third-order valence-electron chi connectivity index (χ3n) is 5.45. The number of hydrogen-bond acceptors (Lipinski definition) is 3. The number of nitrogens with zero attached hydrogens (tertiary/aromatic N) is 4. The van der Waals surface area contributed by atoms with Crippen LogP contribution in [0, 0.1) is 5.92 Å². The van der Waals surface area contributed by atoms with Gasteiger partial charge in [-0.25, -0.2) is 4.98 Å². The molecule has 1 atom stereocenters. The molecule has 0 bridgehead atoms. The molecule has 150 valence electrons. The summed E-state index contributed by atoms with van der Waals surface area (Å²) in [7, 11) is 1.75. The third-order valence-corrected chi connectivity index (χ3v) is 6.12. The maximum atomic E-state index is 13.1. The Morgan fingerprint density at radius 3 is 2.69 bits per heavy atom. The van der Waals surface area contributed by atoms with Gasteiger partial charge >= 0.3 is 0 Å². The number of amides is 2. The second-order valence-corrected chi connectivity index (χ2v) is 8.09. The lowest BCUT2D eigenvalue weighted by Gasteiger charge is -2.22. The van der Waals surface area contributed by atoms with Crippen LogP contribution in [0.3, 0.4) is 0 Å². The molecule has 3 aromatic rings. The average molecular weight is 455 g/mol. The minimum absolute atomic E-state index is 0.141. The zero-order valence-electron chi connectivity index (χ0n) is 16.5. The Hall–Kier alpha value is -2.67. The van der Waals surface area contributed by atoms with Crippen LogP contribution in [0.4, 0.5) is 5.69 Å². The standard InChI is InChI=1S/C22H23BrN4O2/c1-3-26-19-11-7-5-9-17(19)24-20(26)14-25(2)21(28)15-12-13-27(22(15)29)18-10-6-4-8-16(18)23/h4-11,15H,3,12-14H2,1-2H3. The van der Waals surface area contributed by atoms with Crippen LogP contribution < -0.4 is 4.90 Å². The lowest BCUT2D eigenvalue weighted by Crippen LogP contribution is -2.38. The van der Waals surface area contributed by atoms with E-state index in [2.05, 4.69) is 27.4 Å². The van der Waals surface area contributed by atoms with Crippen molar-refractivity contribution < 1.29 is 9.59 Å². The van der Waals surface area contributed by atoms with E-state index in [-0.39, 0.29) is 11.8 Å². The molecule has 29 heavy (non-hydrogen) atoms. The first-order chi connectivity index (χ1) is 14.0. The van der Waals surface area contributed by atoms with E-state index < -0.39 is 5.92 Å². The molecular formula is C22H23BrN4O2. The highest BCUT2D eigenvalue weighted by Gasteiger charge is 2.39. The number of rotatable bonds is 5. The summed E-state index contributed by atoms with van der Waals surface area (Å²) in [6.45, 7) is 3.75. The van der Waals surface area contributed by atoms with Crippen molar-refractivity contribution in [1.82, 2.24) is 14.5 Å². The second kappa shape index (κ2) is 7.99. The summed E-state index contributed by atoms with van der Waals surface area (Å²) in [5.74, 6) is -0.110. The zero-order valence-corrected chi connectivity index (χ0v) is 18.1. The molecule has 1 unspecified atom stereocenters. The quantitative estimate of drug-likeness (QED) is 0.550. The minimum Gasteiger partial charge on any atom is -0.338 e. The van der Waals surface area contributed by atoms with Gasteiger partial charge in [0.05, 0.1) is 23.3 Å². The van der Waals surface area contributed by atoms with E-state index in [9.17, 15) is 9.59 Å². The molecule has 1 aliphatic heterocycles. The van der Waals surface area contributed by atoms with Crippen molar-refractivity contribution >= 4 is 44.5 Å². The Morgan fingerprint density at radius 2 is 1.93 bits per heavy atom. The van der Waals surface area contributed by atoms with Gasteiger partial charge in [-0.15, -0.1) is 0 Å². The summed E-state index contributed by atoms with van der Waals surface area (Å²) in [6, 6.07) is 15.6. The number of carbonyl (C=O) groups excluding carboxylic acids is 2. The maximum Gasteiger partial charge on any atom is 0.239 e. The average Bonchev–Trinajstić information content (AvgIpc) is 3.27. The predicted octanol–water partition coefficient (Wildman–Crippen LogP) is 3.83. The van der Waals surface area contributed by atoms with E-state index >= 15 is 0 Å². The summed E-state index contributed by atoms with van der Waals surface area (Å²) in [5.41, 5.74) is 2.79. The normalized spacial score (nSPS) is 16.6. The number of anilines is 1. The number of hydrogen-bond donors (Lipinski definition) is 0. The van der Waals surface area contributed by atoms with Crippen molar-refractivity contribution in [2.45, 2.75) is 26.4 Å². The molecule has 4 rings (SSSR count). The van der Waals surface area contributed by atoms with E-state index in [1.165, 1.54) is 0 Å². The highest BCUT2D eigenvalue weighted by atomic mass is 79.9. The molecule has 2 amide bonds. The highest BCUT2D eigenvalue weighted by Crippen LogP contribution is 2.32. The van der Waals surface area contributed by atoms with Gasteiger partial charge in [0.15, 0.2) is 0 Å². The van der Waals surface area contributed by atoms with Crippen LogP contribution in [0.5, 0.6) is 0 Å². The summed E-state index contributed by atoms with van der Waals surface area (Å²) < 4.78 is 2.97. The lowest BCUT2D eigenvalue weighted by atomic mass is 10.1. The fraction of sp³-hybridized carbons (Fsp3) is 0.318. The zero-order chi connectivity index (χ0) is 20.5. The Kier molecular flexibility index (Phi) is 5.41. The number of carbonyl (C=O) groups is 2.